The second-order valence-electron chi connectivity index (χ2n) is 6.84. The quantitative estimate of drug-likeness (QED) is 0.466. The third kappa shape index (κ3) is 4.78. The van der Waals surface area contributed by atoms with Crippen LogP contribution in [0.2, 0.25) is 0 Å². The Labute approximate surface area is 174 Å². The van der Waals surface area contributed by atoms with Gasteiger partial charge < -0.3 is 5.32 Å². The van der Waals surface area contributed by atoms with Crippen LogP contribution in [0.5, 0.6) is 0 Å². The van der Waals surface area contributed by atoms with Gasteiger partial charge in [0, 0.05) is 17.1 Å². The summed E-state index contributed by atoms with van der Waals surface area (Å²) in [6, 6.07) is 18.3. The standard InChI is InChI=1S/C23H22N4OS/c1-2-6-17-9-11-19(12-10-17)21-16-29-23(25-21)26-22(28)13-18-14-24-27(15-18)20-7-4-3-5-8-20/h3-5,7-12,14-16H,2,6,13H2,1H3,(H,25,26,28). The Morgan fingerprint density at radius 2 is 1.86 bits per heavy atom. The van der Waals surface area contributed by atoms with E-state index < -0.39 is 0 Å². The summed E-state index contributed by atoms with van der Waals surface area (Å²) in [5.41, 5.74) is 5.09. The molecule has 2 aromatic carbocycles. The number of carbonyl (C=O) groups is 1. The molecular formula is C23H22N4OS. The number of anilines is 1. The third-order valence-corrected chi connectivity index (χ3v) is 5.32. The summed E-state index contributed by atoms with van der Waals surface area (Å²) in [5.74, 6) is -0.100. The largest absolute Gasteiger partial charge is 0.302 e. The van der Waals surface area contributed by atoms with Gasteiger partial charge in [-0.25, -0.2) is 9.67 Å². The Morgan fingerprint density at radius 1 is 1.07 bits per heavy atom. The first-order valence-electron chi connectivity index (χ1n) is 9.65. The number of rotatable bonds is 7. The van der Waals surface area contributed by atoms with Crippen LogP contribution in [0.4, 0.5) is 5.13 Å². The molecule has 0 unspecified atom stereocenters. The third-order valence-electron chi connectivity index (χ3n) is 4.56. The van der Waals surface area contributed by atoms with Crippen LogP contribution >= 0.6 is 11.3 Å². The van der Waals surface area contributed by atoms with Gasteiger partial charge in [-0.2, -0.15) is 5.10 Å². The predicted molar refractivity (Wildman–Crippen MR) is 117 cm³/mol. The van der Waals surface area contributed by atoms with Crippen LogP contribution in [0.15, 0.2) is 72.4 Å². The van der Waals surface area contributed by atoms with Gasteiger partial charge in [-0.05, 0) is 29.7 Å². The lowest BCUT2D eigenvalue weighted by atomic mass is 10.1. The van der Waals surface area contributed by atoms with Crippen LogP contribution in [0.25, 0.3) is 16.9 Å². The first-order valence-corrected chi connectivity index (χ1v) is 10.5. The fourth-order valence-electron chi connectivity index (χ4n) is 3.12. The molecule has 1 N–H and O–H groups in total. The Morgan fingerprint density at radius 3 is 2.62 bits per heavy atom. The van der Waals surface area contributed by atoms with Gasteiger partial charge in [-0.3, -0.25) is 4.79 Å². The van der Waals surface area contributed by atoms with E-state index in [1.165, 1.54) is 16.9 Å². The zero-order valence-corrected chi connectivity index (χ0v) is 17.0. The molecule has 0 aliphatic heterocycles. The van der Waals surface area contributed by atoms with Crippen LogP contribution in [-0.2, 0) is 17.6 Å². The molecule has 0 saturated carbocycles. The van der Waals surface area contributed by atoms with Crippen molar-refractivity contribution in [2.24, 2.45) is 0 Å². The SMILES string of the molecule is CCCc1ccc(-c2csc(NC(=O)Cc3cnn(-c4ccccc4)c3)n2)cc1. The minimum atomic E-state index is -0.100. The molecule has 2 heterocycles. The highest BCUT2D eigenvalue weighted by Crippen LogP contribution is 2.25. The lowest BCUT2D eigenvalue weighted by molar-refractivity contribution is -0.115. The van der Waals surface area contributed by atoms with Gasteiger partial charge in [0.1, 0.15) is 0 Å². The fraction of sp³-hybridized carbons (Fsp3) is 0.174. The van der Waals surface area contributed by atoms with Gasteiger partial charge in [0.25, 0.3) is 0 Å². The Kier molecular flexibility index (Phi) is 5.81. The molecule has 4 aromatic rings. The number of aromatic nitrogens is 3. The highest BCUT2D eigenvalue weighted by Gasteiger charge is 2.10. The Bertz CT molecular complexity index is 1080. The lowest BCUT2D eigenvalue weighted by Crippen LogP contribution is -2.13. The normalized spacial score (nSPS) is 10.8. The first-order chi connectivity index (χ1) is 14.2. The molecule has 0 aliphatic rings. The number of aryl methyl sites for hydroxylation is 1. The minimum absolute atomic E-state index is 0.100. The average Bonchev–Trinajstić information content (AvgIpc) is 3.39. The zero-order chi connectivity index (χ0) is 20.1. The van der Waals surface area contributed by atoms with Crippen molar-refractivity contribution in [3.05, 3.63) is 83.5 Å². The Hall–Kier alpha value is -3.25. The van der Waals surface area contributed by atoms with Crippen molar-refractivity contribution in [2.75, 3.05) is 5.32 Å². The van der Waals surface area contributed by atoms with Crippen molar-refractivity contribution in [3.8, 4) is 16.9 Å². The summed E-state index contributed by atoms with van der Waals surface area (Å²) in [5, 5.41) is 9.81. The van der Waals surface area contributed by atoms with Gasteiger partial charge in [0.2, 0.25) is 5.91 Å². The summed E-state index contributed by atoms with van der Waals surface area (Å²) in [6.07, 6.45) is 6.07. The van der Waals surface area contributed by atoms with E-state index in [4.69, 9.17) is 0 Å². The number of nitrogens with one attached hydrogen (secondary N) is 1. The molecule has 0 aliphatic carbocycles. The molecule has 4 rings (SSSR count). The van der Waals surface area contributed by atoms with E-state index in [1.807, 2.05) is 41.9 Å². The van der Waals surface area contributed by atoms with Crippen LogP contribution < -0.4 is 5.32 Å². The summed E-state index contributed by atoms with van der Waals surface area (Å²) >= 11 is 1.44. The van der Waals surface area contributed by atoms with Gasteiger partial charge in [0.05, 0.1) is 24.0 Å². The van der Waals surface area contributed by atoms with Crippen LogP contribution in [0, 0.1) is 0 Å². The predicted octanol–water partition coefficient (Wildman–Crippen LogP) is 5.13. The van der Waals surface area contributed by atoms with Crippen molar-refractivity contribution < 1.29 is 4.79 Å². The molecule has 146 valence electrons. The maximum atomic E-state index is 12.4. The van der Waals surface area contributed by atoms with Gasteiger partial charge >= 0.3 is 0 Å². The van der Waals surface area contributed by atoms with Crippen molar-refractivity contribution in [1.82, 2.24) is 14.8 Å². The van der Waals surface area contributed by atoms with Crippen molar-refractivity contribution in [2.45, 2.75) is 26.2 Å². The van der Waals surface area contributed by atoms with Gasteiger partial charge in [0.15, 0.2) is 5.13 Å². The van der Waals surface area contributed by atoms with Crippen LogP contribution in [0.3, 0.4) is 0 Å². The molecule has 0 radical (unpaired) electrons. The first kappa shape index (κ1) is 19.1. The number of hydrogen-bond donors (Lipinski definition) is 1. The van der Waals surface area contributed by atoms with Gasteiger partial charge in [-0.1, -0.05) is 55.8 Å². The van der Waals surface area contributed by atoms with Crippen LogP contribution in [0.1, 0.15) is 24.5 Å². The molecule has 5 nitrogen and oxygen atoms in total. The molecular weight excluding hydrogens is 380 g/mol. The molecule has 0 spiro atoms. The average molecular weight is 403 g/mol. The maximum absolute atomic E-state index is 12.4. The number of amides is 1. The van der Waals surface area contributed by atoms with E-state index in [9.17, 15) is 4.79 Å². The van der Waals surface area contributed by atoms with Crippen molar-refractivity contribution in [1.29, 1.82) is 0 Å². The minimum Gasteiger partial charge on any atom is -0.302 e. The van der Waals surface area contributed by atoms with Crippen molar-refractivity contribution >= 4 is 22.4 Å². The molecule has 0 saturated heterocycles. The molecule has 0 fully saturated rings. The van der Waals surface area contributed by atoms with E-state index in [-0.39, 0.29) is 12.3 Å². The summed E-state index contributed by atoms with van der Waals surface area (Å²) in [4.78, 5) is 17.0. The lowest BCUT2D eigenvalue weighted by Gasteiger charge is -2.01. The second-order valence-corrected chi connectivity index (χ2v) is 7.70. The topological polar surface area (TPSA) is 59.8 Å². The van der Waals surface area contributed by atoms with Gasteiger partial charge in [-0.15, -0.1) is 11.3 Å². The van der Waals surface area contributed by atoms with E-state index in [1.54, 1.807) is 10.9 Å². The van der Waals surface area contributed by atoms with E-state index >= 15 is 0 Å². The van der Waals surface area contributed by atoms with E-state index in [0.717, 1.165) is 35.3 Å². The van der Waals surface area contributed by atoms with Crippen molar-refractivity contribution in [3.63, 3.8) is 0 Å². The Balaban J connectivity index is 1.37. The number of nitrogens with zero attached hydrogens (tertiary/aromatic N) is 3. The highest BCUT2D eigenvalue weighted by molar-refractivity contribution is 7.14. The molecule has 29 heavy (non-hydrogen) atoms. The molecule has 1 amide bonds. The number of thiazole rings is 1. The molecule has 0 atom stereocenters. The zero-order valence-electron chi connectivity index (χ0n) is 16.2. The molecule has 6 heteroatoms. The number of hydrogen-bond acceptors (Lipinski definition) is 4. The second kappa shape index (κ2) is 8.84. The summed E-state index contributed by atoms with van der Waals surface area (Å²) < 4.78 is 1.77. The monoisotopic (exact) mass is 402 g/mol. The number of carbonyl (C=O) groups excluding carboxylic acids is 1. The number of para-hydroxylation sites is 1. The summed E-state index contributed by atoms with van der Waals surface area (Å²) in [6.45, 7) is 2.18. The molecule has 2 aromatic heterocycles. The summed E-state index contributed by atoms with van der Waals surface area (Å²) in [7, 11) is 0. The highest BCUT2D eigenvalue weighted by atomic mass is 32.1. The fourth-order valence-corrected chi connectivity index (χ4v) is 3.85. The van der Waals surface area contributed by atoms with E-state index in [0.29, 0.717) is 5.13 Å². The maximum Gasteiger partial charge on any atom is 0.230 e. The molecule has 0 bridgehead atoms. The van der Waals surface area contributed by atoms with E-state index in [2.05, 4.69) is 46.6 Å². The number of benzene rings is 2. The van der Waals surface area contributed by atoms with Crippen LogP contribution in [-0.4, -0.2) is 20.7 Å². The smallest absolute Gasteiger partial charge is 0.230 e.